The van der Waals surface area contributed by atoms with Crippen LogP contribution in [0.2, 0.25) is 0 Å². The average Bonchev–Trinajstić information content (AvgIpc) is 0.756. The molecule has 0 bridgehead atoms. The van der Waals surface area contributed by atoms with E-state index in [1.165, 1.54) is 20.8 Å². The molecule has 0 saturated carbocycles. The Morgan fingerprint density at radius 1 is 0.272 bits per heavy atom. The van der Waals surface area contributed by atoms with Crippen molar-refractivity contribution in [2.75, 3.05) is 39.6 Å². The molecule has 0 aromatic carbocycles. The van der Waals surface area contributed by atoms with Crippen molar-refractivity contribution in [3.8, 4) is 0 Å². The first-order chi connectivity index (χ1) is 48.6. The Kier molecular flexibility index (Phi) is 29.5. The van der Waals surface area contributed by atoms with Crippen LogP contribution < -0.4 is 10.6 Å². The van der Waals surface area contributed by atoms with Gasteiger partial charge in [0.15, 0.2) is 56.6 Å². The molecule has 9 heterocycles. The average molecular weight is 1510 g/mol. The molecule has 45 nitrogen and oxygen atoms in total. The number of hydrogen-bond acceptors (Lipinski definition) is 43. The first-order valence-electron chi connectivity index (χ1n) is 33.2. The zero-order valence-corrected chi connectivity index (χ0v) is 55.7. The molecule has 45 atom stereocenters. The zero-order valence-electron chi connectivity index (χ0n) is 55.7. The van der Waals surface area contributed by atoms with E-state index in [0.717, 1.165) is 13.8 Å². The smallest absolute Gasteiger partial charge is 0.217 e. The normalized spacial score (nSPS) is 52.3. The molecule has 9 rings (SSSR count). The summed E-state index contributed by atoms with van der Waals surface area (Å²) in [5, 5.41) is 268. The summed E-state index contributed by atoms with van der Waals surface area (Å²) in [6, 6.07) is -4.06. The summed E-state index contributed by atoms with van der Waals surface area (Å²) in [4.78, 5) is 27.1. The number of carbonyl (C=O) groups excluding carboxylic acids is 2. The summed E-state index contributed by atoms with van der Waals surface area (Å²) < 4.78 is 102. The lowest BCUT2D eigenvalue weighted by Crippen LogP contribution is -2.72. The van der Waals surface area contributed by atoms with Crippen molar-refractivity contribution in [3.63, 3.8) is 0 Å². The first-order valence-corrected chi connectivity index (χ1v) is 33.2. The number of aliphatic hydroxyl groups is 24. The first kappa shape index (κ1) is 84.3. The zero-order chi connectivity index (χ0) is 75.8. The van der Waals surface area contributed by atoms with Gasteiger partial charge in [0.2, 0.25) is 11.8 Å². The quantitative estimate of drug-likeness (QED) is 0.0427. The van der Waals surface area contributed by atoms with Gasteiger partial charge in [-0.05, 0) is 20.8 Å². The SMILES string of the molecule is CC(=O)N[C@@H]1[C@@H](O[C@@H]2O[C@@H](C)[C@@H](O)[C@@H](O)[C@@H]2O)[C@H](O[C@@H]2O[C@H](CO)[C@@H](O[C@@H]3O[C@H](CO)[C@@H](O)[C@H](O[C@H]4O[C@H](CO)[C@@H](O)[C@H](O)[C@@H]4O)[C@@H]3O)[C@H](O[C@@H]3O[C@@H](C)[C@@H](O)[C@@H](O)[C@@H]3OC3O[C@H](CO)[C@H](O)[C@H](O)[C@H]3O)[C@H]2NC(C)=O)[C@@H](CO[C@@H]2O[C@@H](C)[C@@H](O[C@@H]3O[C@H](CO)[C@H](O)[C@H](O)[C@H]3O)[C@@H](O)[C@@H]2O)O[C@H]1O. The van der Waals surface area contributed by atoms with Crippen LogP contribution in [0.4, 0.5) is 0 Å². The van der Waals surface area contributed by atoms with E-state index in [4.69, 9.17) is 80.5 Å². The van der Waals surface area contributed by atoms with Crippen LogP contribution in [0.25, 0.3) is 0 Å². The van der Waals surface area contributed by atoms with Gasteiger partial charge in [-0.2, -0.15) is 0 Å². The summed E-state index contributed by atoms with van der Waals surface area (Å²) in [7, 11) is 0. The molecular formula is C58H98N2O43. The van der Waals surface area contributed by atoms with Crippen molar-refractivity contribution in [2.24, 2.45) is 0 Å². The fraction of sp³-hybridized carbons (Fsp3) is 0.966. The fourth-order valence-corrected chi connectivity index (χ4v) is 13.5. The summed E-state index contributed by atoms with van der Waals surface area (Å²) in [6.45, 7) is -0.699. The van der Waals surface area contributed by atoms with Crippen LogP contribution in [0.3, 0.4) is 0 Å². The van der Waals surface area contributed by atoms with Crippen LogP contribution in [0.5, 0.6) is 0 Å². The number of aliphatic hydroxyl groups excluding tert-OH is 24. The highest BCUT2D eigenvalue weighted by atomic mass is 16.8. The minimum Gasteiger partial charge on any atom is -0.394 e. The van der Waals surface area contributed by atoms with Gasteiger partial charge in [-0.3, -0.25) is 9.59 Å². The lowest BCUT2D eigenvalue weighted by Gasteiger charge is -2.53. The molecule has 0 radical (unpaired) electrons. The van der Waals surface area contributed by atoms with Crippen molar-refractivity contribution >= 4 is 11.8 Å². The minimum atomic E-state index is -2.39. The van der Waals surface area contributed by atoms with Crippen molar-refractivity contribution < 1.29 is 213 Å². The second-order valence-corrected chi connectivity index (χ2v) is 26.6. The molecule has 0 spiro atoms. The lowest BCUT2D eigenvalue weighted by atomic mass is 9.92. The molecule has 103 heavy (non-hydrogen) atoms. The van der Waals surface area contributed by atoms with E-state index in [1.54, 1.807) is 0 Å². The van der Waals surface area contributed by atoms with E-state index in [2.05, 4.69) is 10.6 Å². The van der Waals surface area contributed by atoms with Crippen LogP contribution in [-0.4, -0.2) is 450 Å². The maximum atomic E-state index is 13.9. The van der Waals surface area contributed by atoms with E-state index in [-0.39, 0.29) is 0 Å². The minimum absolute atomic E-state index is 0.871. The highest BCUT2D eigenvalue weighted by molar-refractivity contribution is 5.73. The molecule has 9 saturated heterocycles. The molecule has 1 unspecified atom stereocenters. The lowest BCUT2D eigenvalue weighted by molar-refractivity contribution is -0.404. The molecule has 0 aromatic rings. The van der Waals surface area contributed by atoms with Gasteiger partial charge in [0.1, 0.15) is 201 Å². The fourth-order valence-electron chi connectivity index (χ4n) is 13.5. The van der Waals surface area contributed by atoms with E-state index in [9.17, 15) is 132 Å². The molecule has 9 fully saturated rings. The second-order valence-electron chi connectivity index (χ2n) is 26.6. The molecule has 26 N–H and O–H groups in total. The monoisotopic (exact) mass is 1510 g/mol. The predicted molar refractivity (Wildman–Crippen MR) is 316 cm³/mol. The number of hydrogen-bond donors (Lipinski definition) is 26. The molecule has 9 aliphatic heterocycles. The Hall–Kier alpha value is -2.70. The Labute approximate surface area is 584 Å². The van der Waals surface area contributed by atoms with Gasteiger partial charge in [-0.15, -0.1) is 0 Å². The molecule has 598 valence electrons. The van der Waals surface area contributed by atoms with Gasteiger partial charge in [0.25, 0.3) is 0 Å². The second kappa shape index (κ2) is 36.0. The molecular weight excluding hydrogens is 1410 g/mol. The molecule has 0 aliphatic carbocycles. The number of amides is 2. The van der Waals surface area contributed by atoms with Gasteiger partial charge >= 0.3 is 0 Å². The largest absolute Gasteiger partial charge is 0.394 e. The van der Waals surface area contributed by atoms with Crippen LogP contribution in [0.15, 0.2) is 0 Å². The number of ether oxygens (including phenoxy) is 17. The molecule has 0 aromatic heterocycles. The Morgan fingerprint density at radius 2 is 0.592 bits per heavy atom. The van der Waals surface area contributed by atoms with Gasteiger partial charge < -0.3 is 214 Å². The van der Waals surface area contributed by atoms with Crippen LogP contribution in [0.1, 0.15) is 34.6 Å². The Balaban J connectivity index is 1.12. The highest BCUT2D eigenvalue weighted by Gasteiger charge is 2.61. The maximum Gasteiger partial charge on any atom is 0.217 e. The van der Waals surface area contributed by atoms with E-state index in [0.29, 0.717) is 0 Å². The topological polar surface area (TPSA) is 701 Å². The van der Waals surface area contributed by atoms with Crippen LogP contribution >= 0.6 is 0 Å². The van der Waals surface area contributed by atoms with Gasteiger partial charge in [-0.1, -0.05) is 0 Å². The maximum absolute atomic E-state index is 13.9. The van der Waals surface area contributed by atoms with E-state index < -0.39 is 328 Å². The van der Waals surface area contributed by atoms with Gasteiger partial charge in [0.05, 0.1) is 58.0 Å². The summed E-state index contributed by atoms with van der Waals surface area (Å²) in [5.41, 5.74) is 0. The van der Waals surface area contributed by atoms with Crippen molar-refractivity contribution in [2.45, 2.75) is 311 Å². The highest BCUT2D eigenvalue weighted by Crippen LogP contribution is 2.41. The number of nitrogens with one attached hydrogen (secondary N) is 2. The predicted octanol–water partition coefficient (Wildman–Crippen LogP) is -17.3. The number of rotatable bonds is 24. The molecule has 2 amide bonds. The third-order valence-electron chi connectivity index (χ3n) is 19.4. The molecule has 45 heteroatoms. The van der Waals surface area contributed by atoms with Crippen molar-refractivity contribution in [1.29, 1.82) is 0 Å². The standard InChI is InChI=1S/C58H98N2O43/c1-12-25(68)31(74)37(80)53(88-12)100-46-23(59-15(4)66)50(86)91-22(11-87-52-41(84)36(79)43(14(3)90-52)97-54-38(81)32(75)27(70)17(6-61)92-54)45(46)98-51-24(60-16(5)67)47(101-58-49(35(78)26(69)13(2)89-58)103-56-40(83)34(77)29(72)19(8-63)94-56)44(21(10-65)96-51)99-57-42(85)48(30(73)20(9-64)95-57)102-55-39(82)33(76)28(71)18(7-62)93-55/h12-14,17-58,61-65,68-86H,6-11H2,1-5H3,(H,59,66)(H,60,67)/t12-,13-,14-,17+,18+,19+,20+,21+,22+,23+,24+,25+,26+,27-,28+,29-,30+,31+,32-,33-,34-,35+,36-,37-,38+,39-,40+,41-,42-,43+,44+,45+,46+,47+,48-,49-,50+,51-,52+,53-,54-,55+,56?,57-,58-/m0/s1. The summed E-state index contributed by atoms with van der Waals surface area (Å²) >= 11 is 0. The van der Waals surface area contributed by atoms with E-state index >= 15 is 0 Å². The Morgan fingerprint density at radius 3 is 1.08 bits per heavy atom. The molecule has 9 aliphatic rings. The number of carbonyl (C=O) groups is 2. The van der Waals surface area contributed by atoms with Gasteiger partial charge in [-0.25, -0.2) is 0 Å². The third-order valence-corrected chi connectivity index (χ3v) is 19.4. The van der Waals surface area contributed by atoms with Crippen molar-refractivity contribution in [3.05, 3.63) is 0 Å². The van der Waals surface area contributed by atoms with Crippen molar-refractivity contribution in [1.82, 2.24) is 10.6 Å². The summed E-state index contributed by atoms with van der Waals surface area (Å²) in [6.07, 6.45) is -86.0. The van der Waals surface area contributed by atoms with Crippen LogP contribution in [-0.2, 0) is 90.1 Å². The van der Waals surface area contributed by atoms with Crippen LogP contribution in [0, 0.1) is 0 Å². The van der Waals surface area contributed by atoms with Gasteiger partial charge in [0, 0.05) is 13.8 Å². The third kappa shape index (κ3) is 18.0. The summed E-state index contributed by atoms with van der Waals surface area (Å²) in [5.74, 6) is -1.97. The van der Waals surface area contributed by atoms with E-state index in [1.807, 2.05) is 0 Å². The Bertz CT molecular complexity index is 2650.